The Hall–Kier alpha value is -7.48. The molecule has 97 heavy (non-hydrogen) atoms. The molecule has 9 rings (SSSR count). The highest BCUT2D eigenvalue weighted by Gasteiger charge is 2.40. The Balaban J connectivity index is 0.000000250. The third-order valence-corrected chi connectivity index (χ3v) is 19.9. The summed E-state index contributed by atoms with van der Waals surface area (Å²) in [6.07, 6.45) is 5.03. The number of anilines is 2. The number of likely N-dealkylation sites (tertiary alicyclic amines) is 3. The number of amides is 7. The number of ether oxygens (including phenoxy) is 2. The van der Waals surface area contributed by atoms with E-state index in [9.17, 15) is 56.7 Å². The van der Waals surface area contributed by atoms with Gasteiger partial charge in [-0.3, -0.25) is 47.9 Å². The van der Waals surface area contributed by atoms with E-state index in [2.05, 4.69) is 31.1 Å². The van der Waals surface area contributed by atoms with Crippen LogP contribution in [0.3, 0.4) is 0 Å². The Labute approximate surface area is 582 Å². The van der Waals surface area contributed by atoms with Crippen LogP contribution >= 0.6 is 46.4 Å². The summed E-state index contributed by atoms with van der Waals surface area (Å²) >= 11 is 23.8. The zero-order valence-corrected chi connectivity index (χ0v) is 57.7. The molecule has 4 aromatic carbocycles. The normalized spacial score (nSPS) is 18.7. The van der Waals surface area contributed by atoms with Crippen molar-refractivity contribution in [2.45, 2.75) is 179 Å². The molecule has 7 amide bonds. The van der Waals surface area contributed by atoms with Crippen LogP contribution in [0.4, 0.5) is 20.2 Å². The van der Waals surface area contributed by atoms with Crippen LogP contribution in [0.15, 0.2) is 72.8 Å². The topological polar surface area (TPSA) is 274 Å². The van der Waals surface area contributed by atoms with Crippen LogP contribution in [-0.4, -0.2) is 177 Å². The van der Waals surface area contributed by atoms with Gasteiger partial charge in [0.05, 0.1) is 37.9 Å². The van der Waals surface area contributed by atoms with Crippen LogP contribution in [0.5, 0.6) is 0 Å². The summed E-state index contributed by atoms with van der Waals surface area (Å²) in [6, 6.07) is 16.0. The van der Waals surface area contributed by atoms with Crippen molar-refractivity contribution in [3.05, 3.63) is 127 Å². The lowest BCUT2D eigenvalue weighted by Gasteiger charge is -2.42. The lowest BCUT2D eigenvalue weighted by atomic mass is 9.90. The van der Waals surface area contributed by atoms with Crippen LogP contribution in [0, 0.1) is 11.6 Å². The lowest BCUT2D eigenvalue weighted by molar-refractivity contribution is -0.149. The fourth-order valence-corrected chi connectivity index (χ4v) is 13.6. The van der Waals surface area contributed by atoms with Crippen molar-refractivity contribution in [3.8, 4) is 0 Å². The molecule has 0 aromatic heterocycles. The monoisotopic (exact) mass is 1420 g/mol. The molecule has 0 radical (unpaired) electrons. The minimum atomic E-state index is -1.13. The molecule has 4 atom stereocenters. The zero-order chi connectivity index (χ0) is 70.3. The van der Waals surface area contributed by atoms with Gasteiger partial charge in [-0.15, -0.1) is 0 Å². The molecule has 0 aliphatic carbocycles. The van der Waals surface area contributed by atoms with E-state index in [1.807, 2.05) is 67.3 Å². The number of piperidine rings is 3. The molecule has 28 heteroatoms. The summed E-state index contributed by atoms with van der Waals surface area (Å²) < 4.78 is 40.4. The van der Waals surface area contributed by atoms with Crippen LogP contribution in [0.2, 0.25) is 20.1 Å². The van der Waals surface area contributed by atoms with Gasteiger partial charge in [0, 0.05) is 110 Å². The second-order valence-corrected chi connectivity index (χ2v) is 27.2. The molecule has 4 aromatic rings. The molecule has 0 saturated carbocycles. The first kappa shape index (κ1) is 75.3. The summed E-state index contributed by atoms with van der Waals surface area (Å²) in [5.74, 6) is -7.03. The number of aliphatic carboxylic acids is 1. The standard InChI is InChI=1S/C38H48Cl2FN5O6.C31H35Cl2FN4O7/c1-24(47)52-27-14-19-44(20-15-27)21-16-30(36(50)42-29-11-10-28(39)34(40)35(29)41)43-37(51)31-22-25-8-4-5-9-26(25)23-45(31)32(48)12-13-33(49)46-18-7-6-17-38(46,2)3;1-18(39)45-21-10-13-37(14-11-21)15-12-24(30(43)35-23-7-6-22(32)28(33)29(23)34)36-31(44)25-16-19-4-2-3-5-20(19)17-38(25)26(40)8-9-27(41)42/h4-5,8-11,27,30-31H,6-7,12-23H2,1-3H3,(H,42,50)(H,43,51);2-7,21,24-25H,8-17H2,1H3,(H,35,43)(H,36,44)(H,41,42)/t30-,31-;24-,25-/m00/s1. The van der Waals surface area contributed by atoms with Crippen LogP contribution < -0.4 is 21.3 Å². The third kappa shape index (κ3) is 20.8. The summed E-state index contributed by atoms with van der Waals surface area (Å²) in [4.78, 5) is 138. The van der Waals surface area contributed by atoms with Gasteiger partial charge in [0.1, 0.15) is 36.4 Å². The fourth-order valence-electron chi connectivity index (χ4n) is 13.0. The molecule has 5 aliphatic heterocycles. The Morgan fingerprint density at radius 1 is 0.546 bits per heavy atom. The van der Waals surface area contributed by atoms with E-state index in [0.717, 1.165) is 41.5 Å². The molecule has 22 nitrogen and oxygen atoms in total. The first-order valence-corrected chi connectivity index (χ1v) is 34.2. The smallest absolute Gasteiger partial charge is 0.303 e. The molecule has 5 heterocycles. The third-order valence-electron chi connectivity index (χ3n) is 18.4. The average molecular weight is 1430 g/mol. The van der Waals surface area contributed by atoms with Gasteiger partial charge in [-0.1, -0.05) is 94.9 Å². The average Bonchev–Trinajstić information content (AvgIpc) is 0.807. The van der Waals surface area contributed by atoms with Crippen LogP contribution in [0.1, 0.15) is 133 Å². The molecular formula is C69H83Cl4F2N9O13. The predicted molar refractivity (Wildman–Crippen MR) is 360 cm³/mol. The second-order valence-electron chi connectivity index (χ2n) is 25.7. The minimum Gasteiger partial charge on any atom is -0.481 e. The van der Waals surface area contributed by atoms with Crippen molar-refractivity contribution < 1.29 is 71.3 Å². The number of fused-ring (bicyclic) bond motifs is 2. The maximum atomic E-state index is 15.0. The summed E-state index contributed by atoms with van der Waals surface area (Å²) in [7, 11) is 0. The van der Waals surface area contributed by atoms with E-state index >= 15 is 0 Å². The first-order chi connectivity index (χ1) is 46.1. The zero-order valence-electron chi connectivity index (χ0n) is 54.7. The van der Waals surface area contributed by atoms with E-state index < -0.39 is 71.3 Å². The van der Waals surface area contributed by atoms with Gasteiger partial charge in [-0.2, -0.15) is 0 Å². The van der Waals surface area contributed by atoms with Gasteiger partial charge in [0.25, 0.3) is 0 Å². The molecule has 5 aliphatic rings. The van der Waals surface area contributed by atoms with Gasteiger partial charge in [0.2, 0.25) is 41.4 Å². The Morgan fingerprint density at radius 2 is 0.938 bits per heavy atom. The number of benzene rings is 4. The summed E-state index contributed by atoms with van der Waals surface area (Å²) in [5.41, 5.74) is 2.83. The van der Waals surface area contributed by atoms with Gasteiger partial charge in [-0.25, -0.2) is 8.78 Å². The second kappa shape index (κ2) is 34.8. The molecule has 3 saturated heterocycles. The van der Waals surface area contributed by atoms with Crippen molar-refractivity contribution >= 4 is 117 Å². The number of carbonyl (C=O) groups excluding carboxylic acids is 9. The maximum absolute atomic E-state index is 15.0. The highest BCUT2D eigenvalue weighted by atomic mass is 35.5. The molecular weight excluding hydrogens is 1340 g/mol. The number of carboxylic acids is 1. The van der Waals surface area contributed by atoms with Crippen LogP contribution in [0.25, 0.3) is 0 Å². The fraction of sp³-hybridized carbons (Fsp3) is 0.507. The number of carboxylic acid groups (broad SMARTS) is 1. The van der Waals surface area contributed by atoms with Gasteiger partial charge in [0.15, 0.2) is 11.6 Å². The van der Waals surface area contributed by atoms with Crippen molar-refractivity contribution in [3.63, 3.8) is 0 Å². The number of halogens is 6. The minimum absolute atomic E-state index is 0.0112. The SMILES string of the molecule is CC(=O)OC1CCN(CC[C@H](NC(=O)[C@@H]2Cc3ccccc3CN2C(=O)CCC(=O)N2CCCCC2(C)C)C(=O)Nc2ccc(Cl)c(Cl)c2F)CC1.CC(=O)OC1CCN(CC[C@H](NC(=O)[C@@H]2Cc3ccccc3CN2C(=O)CCC(=O)O)C(=O)Nc2ccc(Cl)c(Cl)c2F)CC1. The van der Waals surface area contributed by atoms with E-state index in [1.165, 1.54) is 47.9 Å². The molecule has 3 fully saturated rings. The Morgan fingerprint density at radius 3 is 1.33 bits per heavy atom. The summed E-state index contributed by atoms with van der Waals surface area (Å²) in [6.45, 7) is 11.0. The number of hydrogen-bond acceptors (Lipinski definition) is 14. The number of nitrogens with zero attached hydrogens (tertiary/aromatic N) is 5. The van der Waals surface area contributed by atoms with E-state index in [4.69, 9.17) is 61.0 Å². The van der Waals surface area contributed by atoms with Gasteiger partial charge >= 0.3 is 17.9 Å². The van der Waals surface area contributed by atoms with E-state index in [1.54, 1.807) is 0 Å². The quantitative estimate of drug-likeness (QED) is 0.0362. The molecule has 0 bridgehead atoms. The lowest BCUT2D eigenvalue weighted by Crippen LogP contribution is -2.56. The molecule has 524 valence electrons. The highest BCUT2D eigenvalue weighted by molar-refractivity contribution is 6.43. The largest absolute Gasteiger partial charge is 0.481 e. The van der Waals surface area contributed by atoms with E-state index in [0.29, 0.717) is 71.5 Å². The number of esters is 2. The Kier molecular flexibility index (Phi) is 27.0. The van der Waals surface area contributed by atoms with Crippen molar-refractivity contribution in [2.75, 3.05) is 56.4 Å². The first-order valence-electron chi connectivity index (χ1n) is 32.7. The van der Waals surface area contributed by atoms with Crippen molar-refractivity contribution in [1.29, 1.82) is 0 Å². The van der Waals surface area contributed by atoms with Crippen LogP contribution in [-0.2, 0) is 83.4 Å². The highest BCUT2D eigenvalue weighted by Crippen LogP contribution is 2.34. The molecule has 5 N–H and O–H groups in total. The predicted octanol–water partition coefficient (Wildman–Crippen LogP) is 9.29. The van der Waals surface area contributed by atoms with Crippen molar-refractivity contribution in [2.24, 2.45) is 0 Å². The molecule has 0 spiro atoms. The van der Waals surface area contributed by atoms with E-state index in [-0.39, 0.29) is 137 Å². The number of carbonyl (C=O) groups is 10. The number of rotatable bonds is 22. The molecule has 0 unspecified atom stereocenters. The van der Waals surface area contributed by atoms with Crippen molar-refractivity contribution in [1.82, 2.24) is 35.1 Å². The maximum Gasteiger partial charge on any atom is 0.303 e. The van der Waals surface area contributed by atoms with Gasteiger partial charge < -0.3 is 60.3 Å². The van der Waals surface area contributed by atoms with Gasteiger partial charge in [-0.05, 0) is 118 Å². The summed E-state index contributed by atoms with van der Waals surface area (Å²) in [5, 5.41) is 19.1. The number of hydrogen-bond donors (Lipinski definition) is 5. The Bertz CT molecular complexity index is 3570. The number of nitrogens with one attached hydrogen (secondary N) is 4.